The van der Waals surface area contributed by atoms with E-state index in [1.165, 1.54) is 24.3 Å². The number of rotatable bonds is 15. The molecule has 58 heavy (non-hydrogen) atoms. The first kappa shape index (κ1) is 48.2. The molecule has 0 saturated heterocycles. The lowest BCUT2D eigenvalue weighted by atomic mass is 9.85. The molecule has 0 aromatic heterocycles. The van der Waals surface area contributed by atoms with Gasteiger partial charge in [-0.15, -0.1) is 0 Å². The fourth-order valence-electron chi connectivity index (χ4n) is 4.74. The fraction of sp³-hybridized carbons (Fsp3) is 0.406. The number of hydrogen-bond donors (Lipinski definition) is 0. The molecule has 26 heteroatoms. The Morgan fingerprint density at radius 1 is 0.414 bits per heavy atom. The molecular formula is C32H19F23O2S. The van der Waals surface area contributed by atoms with E-state index in [1.807, 2.05) is 0 Å². The van der Waals surface area contributed by atoms with Crippen molar-refractivity contribution in [3.05, 3.63) is 90.5 Å². The van der Waals surface area contributed by atoms with Gasteiger partial charge in [-0.3, -0.25) is 0 Å². The van der Waals surface area contributed by atoms with Crippen molar-refractivity contribution in [1.29, 1.82) is 0 Å². The number of aryl methyl sites for hydroxylation is 1. The van der Waals surface area contributed by atoms with Gasteiger partial charge < -0.3 is 4.18 Å². The van der Waals surface area contributed by atoms with Crippen molar-refractivity contribution in [2.75, 3.05) is 0 Å². The molecule has 326 valence electrons. The monoisotopic (exact) mass is 904 g/mol. The quantitative estimate of drug-likeness (QED) is 0.142. The third kappa shape index (κ3) is 6.58. The van der Waals surface area contributed by atoms with Gasteiger partial charge in [0.25, 0.3) is 0 Å². The van der Waals surface area contributed by atoms with Crippen LogP contribution in [0.15, 0.2) is 99.6 Å². The normalized spacial score (nSPS) is 15.3. The van der Waals surface area contributed by atoms with E-state index in [2.05, 4.69) is 0 Å². The number of hydrogen-bond acceptors (Lipinski definition) is 2. The number of alkyl halides is 23. The summed E-state index contributed by atoms with van der Waals surface area (Å²) in [6.07, 6.45) is -7.91. The van der Waals surface area contributed by atoms with Crippen LogP contribution in [0.3, 0.4) is 0 Å². The van der Waals surface area contributed by atoms with Crippen LogP contribution in [0, 0.1) is 0 Å². The first-order valence-electron chi connectivity index (χ1n) is 15.0. The van der Waals surface area contributed by atoms with E-state index in [0.29, 0.717) is 5.56 Å². The highest BCUT2D eigenvalue weighted by molar-refractivity contribution is 8.30. The zero-order valence-electron chi connectivity index (χ0n) is 27.7. The summed E-state index contributed by atoms with van der Waals surface area (Å²) < 4.78 is 327. The second-order valence-corrected chi connectivity index (χ2v) is 14.5. The third-order valence-electron chi connectivity index (χ3n) is 8.18. The Morgan fingerprint density at radius 3 is 0.983 bits per heavy atom. The molecule has 0 heterocycles. The highest BCUT2D eigenvalue weighted by Gasteiger charge is 2.99. The summed E-state index contributed by atoms with van der Waals surface area (Å²) >= 11 is 0. The second kappa shape index (κ2) is 14.6. The van der Waals surface area contributed by atoms with Gasteiger partial charge in [-0.1, -0.05) is 55.5 Å². The van der Waals surface area contributed by atoms with Crippen LogP contribution in [0.25, 0.3) is 0 Å². The molecule has 3 aromatic rings. The van der Waals surface area contributed by atoms with Gasteiger partial charge in [-0.2, -0.15) is 101 Å². The molecule has 0 N–H and O–H groups in total. The van der Waals surface area contributed by atoms with E-state index in [4.69, 9.17) is 4.18 Å². The maximum atomic E-state index is 15.3. The molecule has 0 amide bonds. The van der Waals surface area contributed by atoms with Crippen LogP contribution in [0.5, 0.6) is 0 Å². The van der Waals surface area contributed by atoms with Crippen LogP contribution in [0.2, 0.25) is 0 Å². The molecule has 0 unspecified atom stereocenters. The summed E-state index contributed by atoms with van der Waals surface area (Å²) in [7, 11) is -4.36. The lowest BCUT2D eigenvalue weighted by Gasteiger charge is -2.45. The zero-order valence-corrected chi connectivity index (χ0v) is 28.5. The lowest BCUT2D eigenvalue weighted by Crippen LogP contribution is -2.78. The molecule has 0 atom stereocenters. The SMILES string of the molecule is CCc1ccc(S(OC(=O)C(F)(F)C(F)(F)C(F)(F)C(F)(F)C(F)(F)C(F)(F)C(F)(F)C(F)(F)C(F)(F)C(F)(F)C(F)(F)F)(c2ccccc2)c2ccccc2)cc1. The summed E-state index contributed by atoms with van der Waals surface area (Å²) in [5.74, 6) is -94.5. The highest BCUT2D eigenvalue weighted by atomic mass is 32.3. The van der Waals surface area contributed by atoms with E-state index in [9.17, 15) is 88.2 Å². The topological polar surface area (TPSA) is 26.3 Å². The molecular weight excluding hydrogens is 885 g/mol. The molecule has 0 aliphatic carbocycles. The summed E-state index contributed by atoms with van der Waals surface area (Å²) in [6, 6.07) is 15.1. The number of benzene rings is 3. The standard InChI is InChI=1S/C32H19F23O2S/c1-2-17-13-15-20(16-14-17)58(18-9-5-3-6-10-18,19-11-7-4-8-12-19)57-21(56)22(33,34)23(35,36)24(37,38)25(39,40)26(41,42)27(43,44)28(45,46)29(47,48)30(49,50)31(51,52)32(53,54)55/h3-16H,2H2,1H3. The fourth-order valence-corrected chi connectivity index (χ4v) is 7.78. The van der Waals surface area contributed by atoms with Gasteiger partial charge in [0.1, 0.15) is 0 Å². The summed E-state index contributed by atoms with van der Waals surface area (Å²) in [4.78, 5) is 11.6. The van der Waals surface area contributed by atoms with Crippen LogP contribution in [0.4, 0.5) is 101 Å². The Bertz CT molecular complexity index is 1870. The number of carbonyl (C=O) groups excluding carboxylic acids is 1. The molecule has 3 rings (SSSR count). The maximum absolute atomic E-state index is 15.3. The van der Waals surface area contributed by atoms with Gasteiger partial charge >= 0.3 is 71.4 Å². The molecule has 0 radical (unpaired) electrons. The minimum atomic E-state index is -9.56. The summed E-state index contributed by atoms with van der Waals surface area (Å²) in [6.45, 7) is 1.58. The molecule has 0 fully saturated rings. The van der Waals surface area contributed by atoms with E-state index >= 15 is 17.6 Å². The van der Waals surface area contributed by atoms with Crippen molar-refractivity contribution < 1.29 is 110 Å². The zero-order chi connectivity index (χ0) is 45.2. The molecule has 0 aliphatic rings. The average molecular weight is 905 g/mol. The van der Waals surface area contributed by atoms with Gasteiger partial charge in [-0.25, -0.2) is 4.79 Å². The average Bonchev–Trinajstić information content (AvgIpc) is 3.13. The predicted molar refractivity (Wildman–Crippen MR) is 153 cm³/mol. The Balaban J connectivity index is 2.24. The molecule has 0 spiro atoms. The largest absolute Gasteiger partial charge is 0.460 e. The van der Waals surface area contributed by atoms with Gasteiger partial charge in [0.05, 0.1) is 0 Å². The highest BCUT2D eigenvalue weighted by Crippen LogP contribution is 2.71. The van der Waals surface area contributed by atoms with Crippen LogP contribution in [-0.2, 0) is 15.4 Å². The van der Waals surface area contributed by atoms with Gasteiger partial charge in [0, 0.05) is 14.7 Å². The Morgan fingerprint density at radius 2 is 0.690 bits per heavy atom. The molecule has 2 nitrogen and oxygen atoms in total. The minimum absolute atomic E-state index is 0.252. The molecule has 3 aromatic carbocycles. The molecule has 0 saturated carbocycles. The number of halogens is 23. The van der Waals surface area contributed by atoms with E-state index in [0.717, 1.165) is 60.7 Å². The third-order valence-corrected chi connectivity index (χ3v) is 11.4. The van der Waals surface area contributed by atoms with Crippen LogP contribution < -0.4 is 0 Å². The molecule has 0 aliphatic heterocycles. The van der Waals surface area contributed by atoms with Crippen molar-refractivity contribution in [1.82, 2.24) is 0 Å². The van der Waals surface area contributed by atoms with Crippen molar-refractivity contribution in [2.45, 2.75) is 93.4 Å². The maximum Gasteiger partial charge on any atom is 0.460 e. The van der Waals surface area contributed by atoms with E-state index in [-0.39, 0.29) is 6.42 Å². The Labute approximate surface area is 310 Å². The van der Waals surface area contributed by atoms with Crippen molar-refractivity contribution in [2.24, 2.45) is 0 Å². The Kier molecular flexibility index (Phi) is 12.1. The Hall–Kier alpha value is -4.13. The second-order valence-electron chi connectivity index (χ2n) is 11.8. The van der Waals surface area contributed by atoms with Crippen LogP contribution in [0.1, 0.15) is 12.5 Å². The van der Waals surface area contributed by atoms with E-state index in [1.54, 1.807) is 6.92 Å². The minimum Gasteiger partial charge on any atom is -0.397 e. The van der Waals surface area contributed by atoms with Crippen molar-refractivity contribution in [3.63, 3.8) is 0 Å². The van der Waals surface area contributed by atoms with E-state index < -0.39 is 96.4 Å². The van der Waals surface area contributed by atoms with Gasteiger partial charge in [0.15, 0.2) is 0 Å². The first-order chi connectivity index (χ1) is 25.9. The lowest BCUT2D eigenvalue weighted by molar-refractivity contribution is -0.477. The first-order valence-corrected chi connectivity index (χ1v) is 16.5. The summed E-state index contributed by atoms with van der Waals surface area (Å²) in [5, 5.41) is 0. The van der Waals surface area contributed by atoms with Crippen LogP contribution >= 0.6 is 10.3 Å². The smallest absolute Gasteiger partial charge is 0.397 e. The van der Waals surface area contributed by atoms with Gasteiger partial charge in [-0.05, 0) is 58.7 Å². The molecule has 0 bridgehead atoms. The van der Waals surface area contributed by atoms with Crippen LogP contribution in [-0.4, -0.2) is 71.4 Å². The summed E-state index contributed by atoms with van der Waals surface area (Å²) in [5.41, 5.74) is 0.446. The predicted octanol–water partition coefficient (Wildman–Crippen LogP) is 12.9. The van der Waals surface area contributed by atoms with Crippen molar-refractivity contribution in [3.8, 4) is 0 Å². The van der Waals surface area contributed by atoms with Gasteiger partial charge in [0.2, 0.25) is 0 Å². The number of carbonyl (C=O) groups is 1. The van der Waals surface area contributed by atoms with Crippen molar-refractivity contribution >= 4 is 16.3 Å².